The number of rotatable bonds is 3. The van der Waals surface area contributed by atoms with Gasteiger partial charge in [-0.2, -0.15) is 0 Å². The summed E-state index contributed by atoms with van der Waals surface area (Å²) in [6.07, 6.45) is 0. The van der Waals surface area contributed by atoms with E-state index in [2.05, 4.69) is 135 Å². The fraction of sp³-hybridized carbons (Fsp3) is 0.118. The Morgan fingerprint density at radius 2 is 1.33 bits per heavy atom. The molecule has 0 aliphatic heterocycles. The molecule has 7 rings (SSSR count). The van der Waals surface area contributed by atoms with Crippen LogP contribution in [0.2, 0.25) is 0 Å². The number of nitrogens with zero attached hydrogens (tertiary/aromatic N) is 1. The highest BCUT2D eigenvalue weighted by atomic mass is 32.1. The van der Waals surface area contributed by atoms with Crippen molar-refractivity contribution in [2.75, 3.05) is 4.90 Å². The van der Waals surface area contributed by atoms with E-state index < -0.39 is 0 Å². The van der Waals surface area contributed by atoms with E-state index in [9.17, 15) is 0 Å². The van der Waals surface area contributed by atoms with E-state index in [0.29, 0.717) is 0 Å². The van der Waals surface area contributed by atoms with Gasteiger partial charge in [0.1, 0.15) is 0 Å². The third-order valence-corrected chi connectivity index (χ3v) is 8.90. The minimum absolute atomic E-state index is 0.0333. The molecular formula is C34H27NS. The summed E-state index contributed by atoms with van der Waals surface area (Å²) in [5, 5.41) is 2.72. The number of anilines is 3. The molecule has 0 spiro atoms. The monoisotopic (exact) mass is 481 g/mol. The minimum atomic E-state index is -0.0333. The fourth-order valence-corrected chi connectivity index (χ4v) is 7.20. The molecular weight excluding hydrogens is 454 g/mol. The van der Waals surface area contributed by atoms with E-state index in [-0.39, 0.29) is 5.41 Å². The average molecular weight is 482 g/mol. The topological polar surface area (TPSA) is 3.24 Å². The van der Waals surface area contributed by atoms with E-state index in [1.807, 2.05) is 11.3 Å². The molecule has 0 fully saturated rings. The number of hydrogen-bond acceptors (Lipinski definition) is 2. The van der Waals surface area contributed by atoms with Crippen molar-refractivity contribution in [1.29, 1.82) is 0 Å². The molecule has 2 heteroatoms. The number of aryl methyl sites for hydroxylation is 1. The van der Waals surface area contributed by atoms with Crippen LogP contribution in [0.15, 0.2) is 109 Å². The van der Waals surface area contributed by atoms with Gasteiger partial charge in [0.05, 0.1) is 0 Å². The zero-order valence-corrected chi connectivity index (χ0v) is 21.6. The van der Waals surface area contributed by atoms with Gasteiger partial charge in [-0.25, -0.2) is 0 Å². The quantitative estimate of drug-likeness (QED) is 0.243. The molecule has 0 atom stereocenters. The van der Waals surface area contributed by atoms with Crippen LogP contribution in [0.3, 0.4) is 0 Å². The maximum absolute atomic E-state index is 2.42. The number of thiophene rings is 1. The Morgan fingerprint density at radius 1 is 0.611 bits per heavy atom. The molecule has 0 saturated carbocycles. The van der Waals surface area contributed by atoms with Crippen LogP contribution in [-0.2, 0) is 5.41 Å². The summed E-state index contributed by atoms with van der Waals surface area (Å²) in [4.78, 5) is 2.38. The van der Waals surface area contributed by atoms with Gasteiger partial charge in [0.2, 0.25) is 0 Å². The minimum Gasteiger partial charge on any atom is -0.310 e. The Balaban J connectivity index is 1.50. The SMILES string of the molecule is Cc1cccc(N(c2ccccc2)c2ccc3c(c2)-c2c(ccc4c2sc2ccccc24)C3(C)C)c1. The largest absolute Gasteiger partial charge is 0.310 e. The second kappa shape index (κ2) is 7.81. The Morgan fingerprint density at radius 3 is 2.17 bits per heavy atom. The van der Waals surface area contributed by atoms with Crippen LogP contribution in [-0.4, -0.2) is 0 Å². The van der Waals surface area contributed by atoms with Gasteiger partial charge < -0.3 is 4.90 Å². The lowest BCUT2D eigenvalue weighted by Gasteiger charge is -2.27. The van der Waals surface area contributed by atoms with Crippen molar-refractivity contribution in [2.45, 2.75) is 26.2 Å². The predicted octanol–water partition coefficient (Wildman–Crippen LogP) is 10.1. The third-order valence-electron chi connectivity index (χ3n) is 7.70. The van der Waals surface area contributed by atoms with E-state index in [4.69, 9.17) is 0 Å². The van der Waals surface area contributed by atoms with E-state index in [0.717, 1.165) is 0 Å². The molecule has 1 nitrogen and oxygen atoms in total. The summed E-state index contributed by atoms with van der Waals surface area (Å²) in [6, 6.07) is 40.0. The number of benzene rings is 5. The molecule has 1 aliphatic carbocycles. The standard InChI is InChI=1S/C34H27NS/c1-22-10-9-13-24(20-22)35(23-11-5-4-6-12-23)25-16-18-29-28(21-25)32-30(34(29,2)3)19-17-27-26-14-7-8-15-31(26)36-33(27)32/h4-21H,1-3H3. The Bertz CT molecular complexity index is 1770. The molecule has 1 aromatic heterocycles. The van der Waals surface area contributed by atoms with Crippen molar-refractivity contribution in [2.24, 2.45) is 0 Å². The first-order valence-electron chi connectivity index (χ1n) is 12.5. The molecule has 174 valence electrons. The van der Waals surface area contributed by atoms with E-state index in [1.54, 1.807) is 0 Å². The Labute approximate surface area is 216 Å². The summed E-state index contributed by atoms with van der Waals surface area (Å²) in [7, 11) is 0. The van der Waals surface area contributed by atoms with Gasteiger partial charge in [-0.15, -0.1) is 11.3 Å². The highest BCUT2D eigenvalue weighted by molar-refractivity contribution is 7.26. The van der Waals surface area contributed by atoms with Gasteiger partial charge in [0.15, 0.2) is 0 Å². The molecule has 5 aromatic carbocycles. The molecule has 0 N–H and O–H groups in total. The number of fused-ring (bicyclic) bond motifs is 7. The average Bonchev–Trinajstić information content (AvgIpc) is 3.38. The molecule has 1 aliphatic rings. The van der Waals surface area contributed by atoms with Crippen LogP contribution in [0.25, 0.3) is 31.3 Å². The van der Waals surface area contributed by atoms with Gasteiger partial charge in [-0.1, -0.05) is 80.6 Å². The van der Waals surface area contributed by atoms with Crippen molar-refractivity contribution < 1.29 is 0 Å². The van der Waals surface area contributed by atoms with Gasteiger partial charge in [0, 0.05) is 48.2 Å². The van der Waals surface area contributed by atoms with Crippen molar-refractivity contribution in [3.05, 3.63) is 126 Å². The lowest BCUT2D eigenvalue weighted by atomic mass is 9.82. The lowest BCUT2D eigenvalue weighted by Crippen LogP contribution is -2.15. The van der Waals surface area contributed by atoms with E-state index >= 15 is 0 Å². The lowest BCUT2D eigenvalue weighted by molar-refractivity contribution is 0.661. The smallest absolute Gasteiger partial charge is 0.0468 e. The molecule has 1 heterocycles. The number of hydrogen-bond donors (Lipinski definition) is 0. The van der Waals surface area contributed by atoms with Crippen LogP contribution in [0.4, 0.5) is 17.1 Å². The summed E-state index contributed by atoms with van der Waals surface area (Å²) in [6.45, 7) is 6.89. The first-order chi connectivity index (χ1) is 17.5. The zero-order valence-electron chi connectivity index (χ0n) is 20.7. The van der Waals surface area contributed by atoms with E-state index in [1.165, 1.54) is 65.1 Å². The molecule has 0 saturated heterocycles. The van der Waals surface area contributed by atoms with Gasteiger partial charge in [-0.3, -0.25) is 0 Å². The highest BCUT2D eigenvalue weighted by Gasteiger charge is 2.37. The van der Waals surface area contributed by atoms with Gasteiger partial charge >= 0.3 is 0 Å². The predicted molar refractivity (Wildman–Crippen MR) is 156 cm³/mol. The molecule has 6 aromatic rings. The van der Waals surface area contributed by atoms with Crippen molar-refractivity contribution in [1.82, 2.24) is 0 Å². The molecule has 0 unspecified atom stereocenters. The molecule has 0 radical (unpaired) electrons. The maximum Gasteiger partial charge on any atom is 0.0468 e. The third kappa shape index (κ3) is 3.08. The van der Waals surface area contributed by atoms with Crippen LogP contribution in [0, 0.1) is 6.92 Å². The van der Waals surface area contributed by atoms with Crippen LogP contribution < -0.4 is 4.90 Å². The van der Waals surface area contributed by atoms with Crippen LogP contribution >= 0.6 is 11.3 Å². The molecule has 36 heavy (non-hydrogen) atoms. The summed E-state index contributed by atoms with van der Waals surface area (Å²) in [5.41, 5.74) is 10.4. The van der Waals surface area contributed by atoms with Crippen LogP contribution in [0.5, 0.6) is 0 Å². The Hall–Kier alpha value is -3.88. The first kappa shape index (κ1) is 21.4. The summed E-state index contributed by atoms with van der Waals surface area (Å²) >= 11 is 1.93. The van der Waals surface area contributed by atoms with Gasteiger partial charge in [-0.05, 0) is 71.6 Å². The second-order valence-electron chi connectivity index (χ2n) is 10.3. The second-order valence-corrected chi connectivity index (χ2v) is 11.4. The van der Waals surface area contributed by atoms with Crippen molar-refractivity contribution in [3.63, 3.8) is 0 Å². The first-order valence-corrected chi connectivity index (χ1v) is 13.4. The molecule has 0 amide bonds. The van der Waals surface area contributed by atoms with Crippen LogP contribution in [0.1, 0.15) is 30.5 Å². The fourth-order valence-electron chi connectivity index (χ4n) is 5.94. The summed E-state index contributed by atoms with van der Waals surface area (Å²) < 4.78 is 2.76. The van der Waals surface area contributed by atoms with Crippen molar-refractivity contribution in [3.8, 4) is 11.1 Å². The number of para-hydroxylation sites is 1. The summed E-state index contributed by atoms with van der Waals surface area (Å²) in [5.74, 6) is 0. The molecule has 0 bridgehead atoms. The van der Waals surface area contributed by atoms with Crippen molar-refractivity contribution >= 4 is 48.6 Å². The van der Waals surface area contributed by atoms with Gasteiger partial charge in [0.25, 0.3) is 0 Å². The maximum atomic E-state index is 2.42. The highest BCUT2D eigenvalue weighted by Crippen LogP contribution is 2.55. The normalized spacial score (nSPS) is 13.6. The zero-order chi connectivity index (χ0) is 24.4. The Kier molecular flexibility index (Phi) is 4.64.